The molecule has 0 saturated heterocycles. The molecule has 1 nitrogen and oxygen atoms in total. The van der Waals surface area contributed by atoms with E-state index in [1.54, 1.807) is 6.07 Å². The SMILES string of the molecule is FC(F)c1cnccc1I. The summed E-state index contributed by atoms with van der Waals surface area (Å²) in [5.41, 5.74) is 0.00287. The number of hydrogen-bond acceptors (Lipinski definition) is 1. The topological polar surface area (TPSA) is 12.9 Å². The van der Waals surface area contributed by atoms with Crippen LogP contribution in [0.15, 0.2) is 18.5 Å². The van der Waals surface area contributed by atoms with Crippen molar-refractivity contribution in [3.05, 3.63) is 27.6 Å². The fourth-order valence-corrected chi connectivity index (χ4v) is 1.09. The van der Waals surface area contributed by atoms with Gasteiger partial charge >= 0.3 is 0 Å². The highest BCUT2D eigenvalue weighted by Crippen LogP contribution is 2.22. The van der Waals surface area contributed by atoms with Crippen molar-refractivity contribution in [1.82, 2.24) is 4.98 Å². The summed E-state index contributed by atoms with van der Waals surface area (Å²) in [4.78, 5) is 3.58. The van der Waals surface area contributed by atoms with Gasteiger partial charge in [0.15, 0.2) is 0 Å². The lowest BCUT2D eigenvalue weighted by Crippen LogP contribution is -1.88. The highest BCUT2D eigenvalue weighted by Gasteiger charge is 2.09. The second-order valence-corrected chi connectivity index (χ2v) is 2.86. The van der Waals surface area contributed by atoms with Gasteiger partial charge in [-0.05, 0) is 28.7 Å². The van der Waals surface area contributed by atoms with Crippen LogP contribution in [0.4, 0.5) is 8.78 Å². The summed E-state index contributed by atoms with van der Waals surface area (Å²) < 4.78 is 24.5. The lowest BCUT2D eigenvalue weighted by atomic mass is 10.3. The number of rotatable bonds is 1. The molecular formula is C6H4F2IN. The van der Waals surface area contributed by atoms with E-state index in [1.165, 1.54) is 12.4 Å². The Morgan fingerprint density at radius 3 is 2.60 bits per heavy atom. The van der Waals surface area contributed by atoms with Crippen molar-refractivity contribution in [3.63, 3.8) is 0 Å². The van der Waals surface area contributed by atoms with Gasteiger partial charge in [0.1, 0.15) is 0 Å². The van der Waals surface area contributed by atoms with Gasteiger partial charge in [-0.1, -0.05) is 0 Å². The van der Waals surface area contributed by atoms with Crippen molar-refractivity contribution >= 4 is 22.6 Å². The summed E-state index contributed by atoms with van der Waals surface area (Å²) in [5.74, 6) is 0. The van der Waals surface area contributed by atoms with Gasteiger partial charge in [-0.25, -0.2) is 8.78 Å². The number of alkyl halides is 2. The highest BCUT2D eigenvalue weighted by atomic mass is 127. The van der Waals surface area contributed by atoms with E-state index in [0.29, 0.717) is 3.57 Å². The Hall–Kier alpha value is -0.260. The van der Waals surface area contributed by atoms with Crippen LogP contribution in [-0.4, -0.2) is 4.98 Å². The maximum atomic E-state index is 12.0. The fourth-order valence-electron chi connectivity index (χ4n) is 0.550. The lowest BCUT2D eigenvalue weighted by Gasteiger charge is -1.99. The van der Waals surface area contributed by atoms with E-state index in [1.807, 2.05) is 22.6 Å². The van der Waals surface area contributed by atoms with Crippen molar-refractivity contribution in [3.8, 4) is 0 Å². The molecule has 0 bridgehead atoms. The third-order valence-corrected chi connectivity index (χ3v) is 2.01. The zero-order valence-corrected chi connectivity index (χ0v) is 7.05. The smallest absolute Gasteiger partial charge is 0.264 e. The zero-order chi connectivity index (χ0) is 7.56. The predicted molar refractivity (Wildman–Crippen MR) is 41.9 cm³/mol. The minimum absolute atomic E-state index is 0.00287. The average molecular weight is 255 g/mol. The van der Waals surface area contributed by atoms with Crippen molar-refractivity contribution < 1.29 is 8.78 Å². The number of hydrogen-bond donors (Lipinski definition) is 0. The molecule has 1 heterocycles. The first kappa shape index (κ1) is 7.84. The summed E-state index contributed by atoms with van der Waals surface area (Å²) in [7, 11) is 0. The van der Waals surface area contributed by atoms with Gasteiger partial charge in [-0.3, -0.25) is 4.98 Å². The Morgan fingerprint density at radius 1 is 1.50 bits per heavy atom. The number of pyridine rings is 1. The molecule has 0 radical (unpaired) electrons. The van der Waals surface area contributed by atoms with Crippen molar-refractivity contribution in [2.45, 2.75) is 6.43 Å². The summed E-state index contributed by atoms with van der Waals surface area (Å²) in [5, 5.41) is 0. The number of nitrogens with zero attached hydrogens (tertiary/aromatic N) is 1. The Bertz CT molecular complexity index is 227. The van der Waals surface area contributed by atoms with E-state index in [2.05, 4.69) is 4.98 Å². The van der Waals surface area contributed by atoms with Crippen LogP contribution < -0.4 is 0 Å². The van der Waals surface area contributed by atoms with E-state index in [9.17, 15) is 8.78 Å². The molecule has 0 atom stereocenters. The van der Waals surface area contributed by atoms with Crippen molar-refractivity contribution in [2.75, 3.05) is 0 Å². The van der Waals surface area contributed by atoms with Crippen LogP contribution in [0, 0.1) is 3.57 Å². The van der Waals surface area contributed by atoms with E-state index in [4.69, 9.17) is 0 Å². The molecule has 1 aromatic heterocycles. The van der Waals surface area contributed by atoms with Crippen LogP contribution in [0.2, 0.25) is 0 Å². The van der Waals surface area contributed by atoms with Gasteiger partial charge in [0.05, 0.1) is 0 Å². The van der Waals surface area contributed by atoms with Crippen LogP contribution in [0.5, 0.6) is 0 Å². The van der Waals surface area contributed by atoms with Crippen LogP contribution in [-0.2, 0) is 0 Å². The first-order chi connectivity index (χ1) is 4.72. The number of aromatic nitrogens is 1. The molecule has 0 aliphatic heterocycles. The molecule has 0 aromatic carbocycles. The molecule has 1 aromatic rings. The lowest BCUT2D eigenvalue weighted by molar-refractivity contribution is 0.150. The van der Waals surface area contributed by atoms with E-state index < -0.39 is 6.43 Å². The molecule has 54 valence electrons. The van der Waals surface area contributed by atoms with Crippen LogP contribution in [0.25, 0.3) is 0 Å². The van der Waals surface area contributed by atoms with Crippen LogP contribution in [0.3, 0.4) is 0 Å². The van der Waals surface area contributed by atoms with Gasteiger partial charge in [0, 0.05) is 21.5 Å². The first-order valence-corrected chi connectivity index (χ1v) is 3.67. The molecule has 4 heteroatoms. The third-order valence-electron chi connectivity index (χ3n) is 1.03. The van der Waals surface area contributed by atoms with Crippen LogP contribution in [0.1, 0.15) is 12.0 Å². The van der Waals surface area contributed by atoms with Crippen LogP contribution >= 0.6 is 22.6 Å². The summed E-state index contributed by atoms with van der Waals surface area (Å²) in [6, 6.07) is 1.56. The second kappa shape index (κ2) is 3.23. The largest absolute Gasteiger partial charge is 0.266 e. The quantitative estimate of drug-likeness (QED) is 0.703. The average Bonchev–Trinajstić information content (AvgIpc) is 1.88. The molecule has 1 rings (SSSR count). The van der Waals surface area contributed by atoms with Gasteiger partial charge in [-0.15, -0.1) is 0 Å². The molecule has 0 N–H and O–H groups in total. The van der Waals surface area contributed by atoms with Gasteiger partial charge in [0.25, 0.3) is 6.43 Å². The second-order valence-electron chi connectivity index (χ2n) is 1.70. The van der Waals surface area contributed by atoms with Gasteiger partial charge in [-0.2, -0.15) is 0 Å². The maximum absolute atomic E-state index is 12.0. The molecule has 0 aliphatic rings. The Labute approximate surface area is 70.6 Å². The highest BCUT2D eigenvalue weighted by molar-refractivity contribution is 14.1. The first-order valence-electron chi connectivity index (χ1n) is 2.59. The molecule has 0 fully saturated rings. The maximum Gasteiger partial charge on any atom is 0.266 e. The summed E-state index contributed by atoms with van der Waals surface area (Å²) in [6.07, 6.45) is 0.265. The molecule has 0 spiro atoms. The predicted octanol–water partition coefficient (Wildman–Crippen LogP) is 2.62. The van der Waals surface area contributed by atoms with E-state index in [0.717, 1.165) is 0 Å². The molecule has 0 aliphatic carbocycles. The van der Waals surface area contributed by atoms with E-state index in [-0.39, 0.29) is 5.56 Å². The molecule has 0 amide bonds. The molecule has 0 unspecified atom stereocenters. The minimum Gasteiger partial charge on any atom is -0.264 e. The molecule has 10 heavy (non-hydrogen) atoms. The van der Waals surface area contributed by atoms with E-state index >= 15 is 0 Å². The zero-order valence-electron chi connectivity index (χ0n) is 4.89. The standard InChI is InChI=1S/C6H4F2IN/c7-6(8)4-3-10-2-1-5(4)9/h1-3,6H. The van der Waals surface area contributed by atoms with Gasteiger partial charge in [0.2, 0.25) is 0 Å². The summed E-state index contributed by atoms with van der Waals surface area (Å²) >= 11 is 1.86. The normalized spacial score (nSPS) is 10.4. The Morgan fingerprint density at radius 2 is 2.20 bits per heavy atom. The summed E-state index contributed by atoms with van der Waals surface area (Å²) in [6.45, 7) is 0. The monoisotopic (exact) mass is 255 g/mol. The van der Waals surface area contributed by atoms with Crippen molar-refractivity contribution in [1.29, 1.82) is 0 Å². The Kier molecular flexibility index (Phi) is 2.53. The Balaban J connectivity index is 3.03. The molecule has 0 saturated carbocycles. The fraction of sp³-hybridized carbons (Fsp3) is 0.167. The third kappa shape index (κ3) is 1.62. The minimum atomic E-state index is -2.42. The van der Waals surface area contributed by atoms with Gasteiger partial charge < -0.3 is 0 Å². The number of halogens is 3. The molecular weight excluding hydrogens is 251 g/mol. The van der Waals surface area contributed by atoms with Crippen molar-refractivity contribution in [2.24, 2.45) is 0 Å².